The predicted molar refractivity (Wildman–Crippen MR) is 87.2 cm³/mol. The lowest BCUT2D eigenvalue weighted by molar-refractivity contribution is 0.0982. The number of halogens is 1. The summed E-state index contributed by atoms with van der Waals surface area (Å²) in [5, 5.41) is 0.391. The molecular weight excluding hydrogens is 300 g/mol. The molecule has 114 valence electrons. The van der Waals surface area contributed by atoms with Gasteiger partial charge in [0.05, 0.1) is 11.2 Å². The van der Waals surface area contributed by atoms with Gasteiger partial charge in [-0.25, -0.2) is 0 Å². The highest BCUT2D eigenvalue weighted by Crippen LogP contribution is 2.21. The van der Waals surface area contributed by atoms with Gasteiger partial charge in [-0.1, -0.05) is 23.7 Å². The van der Waals surface area contributed by atoms with Crippen molar-refractivity contribution in [3.8, 4) is 5.75 Å². The molecule has 2 rings (SSSR count). The van der Waals surface area contributed by atoms with Gasteiger partial charge in [0, 0.05) is 31.6 Å². The summed E-state index contributed by atoms with van der Waals surface area (Å²) in [4.78, 5) is 18.5. The number of carbonyl (C=O) groups is 1. The Morgan fingerprint density at radius 3 is 2.55 bits per heavy atom. The zero-order valence-electron chi connectivity index (χ0n) is 12.7. The molecule has 0 atom stereocenters. The van der Waals surface area contributed by atoms with E-state index in [1.54, 1.807) is 47.6 Å². The number of aromatic nitrogens is 1. The topological polar surface area (TPSA) is 42.4 Å². The summed E-state index contributed by atoms with van der Waals surface area (Å²) in [7, 11) is 3.63. The molecule has 0 aliphatic carbocycles. The molecule has 0 spiro atoms. The number of rotatable bonds is 5. The number of allylic oxidation sites excluding steroid dienone is 1. The lowest BCUT2D eigenvalue weighted by atomic mass is 10.1. The average Bonchev–Trinajstić information content (AvgIpc) is 2.48. The molecule has 0 radical (unpaired) electrons. The molecule has 2 aromatic rings. The van der Waals surface area contributed by atoms with Crippen LogP contribution in [0.5, 0.6) is 5.75 Å². The van der Waals surface area contributed by atoms with Gasteiger partial charge in [0.1, 0.15) is 5.75 Å². The van der Waals surface area contributed by atoms with Crippen LogP contribution in [-0.2, 0) is 0 Å². The van der Waals surface area contributed by atoms with E-state index in [-0.39, 0.29) is 11.5 Å². The number of carbonyl (C=O) groups excluding carboxylic acids is 1. The normalized spacial score (nSPS) is 11.2. The standard InChI is InChI=1S/C17H17ClN2O2/c1-12-8-9-13(10-19-12)22-16(11-20(2)3)17(21)14-6-4-5-7-15(14)18/h4-11H,1-3H3/b16-11+. The first-order valence-corrected chi connectivity index (χ1v) is 7.13. The van der Waals surface area contributed by atoms with E-state index in [2.05, 4.69) is 4.98 Å². The minimum Gasteiger partial charge on any atom is -0.450 e. The van der Waals surface area contributed by atoms with Gasteiger partial charge in [-0.2, -0.15) is 0 Å². The monoisotopic (exact) mass is 316 g/mol. The molecule has 1 aromatic heterocycles. The highest BCUT2D eigenvalue weighted by Gasteiger charge is 2.18. The first kappa shape index (κ1) is 16.0. The Kier molecular flexibility index (Phi) is 5.17. The quantitative estimate of drug-likeness (QED) is 0.479. The van der Waals surface area contributed by atoms with Crippen LogP contribution in [-0.4, -0.2) is 29.8 Å². The zero-order chi connectivity index (χ0) is 16.1. The van der Waals surface area contributed by atoms with Crippen molar-refractivity contribution < 1.29 is 9.53 Å². The van der Waals surface area contributed by atoms with Gasteiger partial charge < -0.3 is 9.64 Å². The third kappa shape index (κ3) is 4.09. The Bertz CT molecular complexity index is 694. The van der Waals surface area contributed by atoms with Crippen LogP contribution < -0.4 is 4.74 Å². The first-order chi connectivity index (χ1) is 10.5. The average molecular weight is 317 g/mol. The van der Waals surface area contributed by atoms with Gasteiger partial charge in [-0.3, -0.25) is 9.78 Å². The van der Waals surface area contributed by atoms with Crippen LogP contribution in [0.25, 0.3) is 0 Å². The van der Waals surface area contributed by atoms with Crippen LogP contribution in [0.2, 0.25) is 5.02 Å². The van der Waals surface area contributed by atoms with E-state index in [1.807, 2.05) is 27.1 Å². The van der Waals surface area contributed by atoms with Crippen LogP contribution in [0, 0.1) is 6.92 Å². The minimum absolute atomic E-state index is 0.184. The summed E-state index contributed by atoms with van der Waals surface area (Å²) < 4.78 is 5.70. The SMILES string of the molecule is Cc1ccc(O/C(=C/N(C)C)C(=O)c2ccccc2Cl)cn1. The van der Waals surface area contributed by atoms with Crippen LogP contribution in [0.1, 0.15) is 16.1 Å². The molecule has 0 bridgehead atoms. The second kappa shape index (κ2) is 7.09. The maximum absolute atomic E-state index is 12.6. The highest BCUT2D eigenvalue weighted by molar-refractivity contribution is 6.34. The van der Waals surface area contributed by atoms with Gasteiger partial charge in [-0.05, 0) is 31.2 Å². The number of hydrogen-bond acceptors (Lipinski definition) is 4. The molecule has 0 fully saturated rings. The van der Waals surface area contributed by atoms with Crippen molar-refractivity contribution in [2.45, 2.75) is 6.92 Å². The molecule has 0 saturated carbocycles. The van der Waals surface area contributed by atoms with Gasteiger partial charge >= 0.3 is 0 Å². The Hall–Kier alpha value is -2.33. The number of ketones is 1. The van der Waals surface area contributed by atoms with Crippen molar-refractivity contribution in [3.63, 3.8) is 0 Å². The second-order valence-electron chi connectivity index (χ2n) is 5.00. The Labute approximate surface area is 135 Å². The molecule has 0 amide bonds. The van der Waals surface area contributed by atoms with Gasteiger partial charge in [0.25, 0.3) is 0 Å². The van der Waals surface area contributed by atoms with Crippen LogP contribution >= 0.6 is 11.6 Å². The van der Waals surface area contributed by atoms with Crippen molar-refractivity contribution in [1.82, 2.24) is 9.88 Å². The lowest BCUT2D eigenvalue weighted by Crippen LogP contribution is -2.15. The van der Waals surface area contributed by atoms with Crippen LogP contribution in [0.4, 0.5) is 0 Å². The first-order valence-electron chi connectivity index (χ1n) is 6.75. The largest absolute Gasteiger partial charge is 0.450 e. The van der Waals surface area contributed by atoms with Crippen molar-refractivity contribution in [2.24, 2.45) is 0 Å². The Balaban J connectivity index is 2.33. The Morgan fingerprint density at radius 1 is 1.23 bits per heavy atom. The molecule has 4 nitrogen and oxygen atoms in total. The minimum atomic E-state index is -0.278. The van der Waals surface area contributed by atoms with E-state index >= 15 is 0 Å². The van der Waals surface area contributed by atoms with Gasteiger partial charge in [0.2, 0.25) is 5.78 Å². The fraction of sp³-hybridized carbons (Fsp3) is 0.176. The van der Waals surface area contributed by atoms with Crippen molar-refractivity contribution >= 4 is 17.4 Å². The summed E-state index contributed by atoms with van der Waals surface area (Å²) in [6.07, 6.45) is 3.20. The molecule has 1 aromatic carbocycles. The van der Waals surface area contributed by atoms with E-state index in [9.17, 15) is 4.79 Å². The van der Waals surface area contributed by atoms with E-state index in [0.29, 0.717) is 16.3 Å². The molecule has 0 aliphatic rings. The zero-order valence-corrected chi connectivity index (χ0v) is 13.5. The van der Waals surface area contributed by atoms with E-state index in [4.69, 9.17) is 16.3 Å². The fourth-order valence-corrected chi connectivity index (χ4v) is 2.01. The van der Waals surface area contributed by atoms with Crippen molar-refractivity contribution in [3.05, 3.63) is 70.8 Å². The van der Waals surface area contributed by atoms with E-state index < -0.39 is 0 Å². The maximum Gasteiger partial charge on any atom is 0.231 e. The third-order valence-corrected chi connectivity index (χ3v) is 3.16. The Morgan fingerprint density at radius 2 is 1.95 bits per heavy atom. The highest BCUT2D eigenvalue weighted by atomic mass is 35.5. The molecule has 0 aliphatic heterocycles. The molecular formula is C17H17ClN2O2. The molecule has 0 saturated heterocycles. The summed E-state index contributed by atoms with van der Waals surface area (Å²) in [5.41, 5.74) is 1.28. The second-order valence-corrected chi connectivity index (χ2v) is 5.41. The van der Waals surface area contributed by atoms with E-state index in [0.717, 1.165) is 5.69 Å². The molecule has 1 heterocycles. The number of benzene rings is 1. The van der Waals surface area contributed by atoms with Crippen molar-refractivity contribution in [1.29, 1.82) is 0 Å². The summed E-state index contributed by atoms with van der Waals surface area (Å²) >= 11 is 6.09. The summed E-state index contributed by atoms with van der Waals surface area (Å²) in [6.45, 7) is 1.88. The molecule has 0 unspecified atom stereocenters. The maximum atomic E-state index is 12.6. The number of hydrogen-bond donors (Lipinski definition) is 0. The number of pyridine rings is 1. The third-order valence-electron chi connectivity index (χ3n) is 2.83. The molecule has 22 heavy (non-hydrogen) atoms. The van der Waals surface area contributed by atoms with Gasteiger partial charge in [0.15, 0.2) is 5.76 Å². The van der Waals surface area contributed by atoms with E-state index in [1.165, 1.54) is 0 Å². The van der Waals surface area contributed by atoms with Crippen molar-refractivity contribution in [2.75, 3.05) is 14.1 Å². The summed E-state index contributed by atoms with van der Waals surface area (Å²) in [5.74, 6) is 0.405. The number of ether oxygens (including phenoxy) is 1. The smallest absolute Gasteiger partial charge is 0.231 e. The lowest BCUT2D eigenvalue weighted by Gasteiger charge is -2.13. The summed E-state index contributed by atoms with van der Waals surface area (Å²) in [6, 6.07) is 10.5. The molecule has 0 N–H and O–H groups in total. The number of Topliss-reactive ketones (excluding diaryl/α,β-unsaturated/α-hetero) is 1. The molecule has 5 heteroatoms. The number of aryl methyl sites for hydroxylation is 1. The van der Waals surface area contributed by atoms with Gasteiger partial charge in [-0.15, -0.1) is 0 Å². The fourth-order valence-electron chi connectivity index (χ4n) is 1.79. The number of nitrogens with zero attached hydrogens (tertiary/aromatic N) is 2. The predicted octanol–water partition coefficient (Wildman–Crippen LogP) is 3.71. The van der Waals surface area contributed by atoms with Crippen LogP contribution in [0.3, 0.4) is 0 Å². The van der Waals surface area contributed by atoms with Crippen LogP contribution in [0.15, 0.2) is 54.6 Å².